The van der Waals surface area contributed by atoms with Gasteiger partial charge in [-0.05, 0) is 148 Å². The lowest BCUT2D eigenvalue weighted by Crippen LogP contribution is -2.48. The van der Waals surface area contributed by atoms with Gasteiger partial charge in [-0.1, -0.05) is 140 Å². The van der Waals surface area contributed by atoms with Crippen LogP contribution >= 0.6 is 0 Å². The van der Waals surface area contributed by atoms with Crippen LogP contribution in [0.25, 0.3) is 78.7 Å². The van der Waals surface area contributed by atoms with E-state index in [1.165, 1.54) is 44.1 Å². The zero-order valence-electron chi connectivity index (χ0n) is 33.5. The van der Waals surface area contributed by atoms with E-state index in [1.807, 2.05) is 36.4 Å². The topological polar surface area (TPSA) is 62.5 Å². The average molecular weight is 773 g/mol. The summed E-state index contributed by atoms with van der Waals surface area (Å²) in [4.78, 5) is 15.7. The maximum atomic E-state index is 10.3. The summed E-state index contributed by atoms with van der Waals surface area (Å²) in [5.74, 6) is 4.46. The van der Waals surface area contributed by atoms with E-state index in [0.717, 1.165) is 79.0 Å². The highest BCUT2D eigenvalue weighted by atomic mass is 15.0. The fourth-order valence-corrected chi connectivity index (χ4v) is 11.1. The number of hydrogen-bond acceptors (Lipinski definition) is 4. The van der Waals surface area contributed by atoms with Gasteiger partial charge in [0.25, 0.3) is 0 Å². The van der Waals surface area contributed by atoms with E-state index in [-0.39, 0.29) is 0 Å². The first kappa shape index (κ1) is 36.1. The molecule has 4 bridgehead atoms. The Labute approximate surface area is 352 Å². The molecule has 0 atom stereocenters. The van der Waals surface area contributed by atoms with E-state index in [9.17, 15) is 5.26 Å². The molecule has 0 amide bonds. The van der Waals surface area contributed by atoms with Crippen LogP contribution in [0, 0.1) is 29.1 Å². The second kappa shape index (κ2) is 15.0. The monoisotopic (exact) mass is 772 g/mol. The Kier molecular flexibility index (Phi) is 9.04. The number of hydrogen-bond donors (Lipinski definition) is 0. The van der Waals surface area contributed by atoms with Gasteiger partial charge >= 0.3 is 0 Å². The standard InChI is InChI=1S/C56H44N4/c57-36-47-15-7-8-20-52(47)49-30-48(42-21-23-51(24-22-42)56-33-37-25-38(34-56)27-39(26-37)35-56)31-50(32-49)55-59-53(45-18-9-16-43(28-45)40-11-3-1-4-12-40)58-54(60-55)46-19-10-17-44(29-46)41-13-5-2-6-14-41/h1-24,28-32,37-39H,25-27,33-35H2/t37-,38+,39?,56?. The fourth-order valence-electron chi connectivity index (χ4n) is 11.1. The predicted molar refractivity (Wildman–Crippen MR) is 242 cm³/mol. The number of benzene rings is 7. The molecule has 4 heteroatoms. The molecule has 0 spiro atoms. The van der Waals surface area contributed by atoms with Crippen LogP contribution in [0.1, 0.15) is 49.7 Å². The lowest BCUT2D eigenvalue weighted by Gasteiger charge is -2.57. The summed E-state index contributed by atoms with van der Waals surface area (Å²) in [5, 5.41) is 10.3. The van der Waals surface area contributed by atoms with Gasteiger partial charge in [0, 0.05) is 16.7 Å². The highest BCUT2D eigenvalue weighted by Crippen LogP contribution is 2.60. The van der Waals surface area contributed by atoms with Crippen LogP contribution in [0.3, 0.4) is 0 Å². The molecule has 60 heavy (non-hydrogen) atoms. The van der Waals surface area contributed by atoms with Gasteiger partial charge in [0.15, 0.2) is 17.5 Å². The van der Waals surface area contributed by atoms with Crippen LogP contribution in [-0.4, -0.2) is 15.0 Å². The van der Waals surface area contributed by atoms with E-state index in [1.54, 1.807) is 0 Å². The summed E-state index contributed by atoms with van der Waals surface area (Å²) in [5.41, 5.74) is 13.6. The first-order valence-electron chi connectivity index (χ1n) is 21.4. The van der Waals surface area contributed by atoms with Crippen molar-refractivity contribution >= 4 is 0 Å². The van der Waals surface area contributed by atoms with Crippen molar-refractivity contribution in [3.05, 3.63) is 187 Å². The smallest absolute Gasteiger partial charge is 0.164 e. The van der Waals surface area contributed by atoms with Gasteiger partial charge in [0.05, 0.1) is 11.6 Å². The van der Waals surface area contributed by atoms with Crippen LogP contribution in [0.5, 0.6) is 0 Å². The molecule has 4 fully saturated rings. The lowest BCUT2D eigenvalue weighted by atomic mass is 9.48. The predicted octanol–water partition coefficient (Wildman–Crippen LogP) is 13.9. The van der Waals surface area contributed by atoms with Gasteiger partial charge in [-0.3, -0.25) is 0 Å². The van der Waals surface area contributed by atoms with Crippen molar-refractivity contribution in [3.63, 3.8) is 0 Å². The number of nitriles is 1. The first-order chi connectivity index (χ1) is 29.6. The van der Waals surface area contributed by atoms with Crippen LogP contribution in [-0.2, 0) is 5.41 Å². The third-order valence-corrected chi connectivity index (χ3v) is 13.5. The van der Waals surface area contributed by atoms with E-state index in [4.69, 9.17) is 15.0 Å². The first-order valence-corrected chi connectivity index (χ1v) is 21.4. The van der Waals surface area contributed by atoms with E-state index in [0.29, 0.717) is 28.5 Å². The largest absolute Gasteiger partial charge is 0.208 e. The van der Waals surface area contributed by atoms with Crippen molar-refractivity contribution in [1.82, 2.24) is 15.0 Å². The van der Waals surface area contributed by atoms with Crippen LogP contribution < -0.4 is 0 Å². The van der Waals surface area contributed by atoms with Crippen molar-refractivity contribution in [3.8, 4) is 84.7 Å². The molecule has 1 aromatic heterocycles. The minimum atomic E-state index is 0.333. The van der Waals surface area contributed by atoms with Gasteiger partial charge in [-0.25, -0.2) is 15.0 Å². The second-order valence-corrected chi connectivity index (χ2v) is 17.4. The summed E-state index contributed by atoms with van der Waals surface area (Å²) < 4.78 is 0. The highest BCUT2D eigenvalue weighted by molar-refractivity contribution is 5.83. The Morgan fingerprint density at radius 2 is 0.800 bits per heavy atom. The van der Waals surface area contributed by atoms with Gasteiger partial charge < -0.3 is 0 Å². The van der Waals surface area contributed by atoms with E-state index < -0.39 is 0 Å². The third-order valence-electron chi connectivity index (χ3n) is 13.5. The molecule has 0 unspecified atom stereocenters. The zero-order chi connectivity index (χ0) is 40.0. The second-order valence-electron chi connectivity index (χ2n) is 17.4. The van der Waals surface area contributed by atoms with Crippen LogP contribution in [0.4, 0.5) is 0 Å². The third kappa shape index (κ3) is 6.81. The van der Waals surface area contributed by atoms with Gasteiger partial charge in [-0.2, -0.15) is 5.26 Å². The minimum Gasteiger partial charge on any atom is -0.208 e. The molecule has 4 nitrogen and oxygen atoms in total. The maximum absolute atomic E-state index is 10.3. The molecule has 0 saturated heterocycles. The number of aromatic nitrogens is 3. The summed E-state index contributed by atoms with van der Waals surface area (Å²) in [6.45, 7) is 0. The summed E-state index contributed by atoms with van der Waals surface area (Å²) >= 11 is 0. The van der Waals surface area contributed by atoms with Crippen molar-refractivity contribution in [2.45, 2.75) is 43.9 Å². The average Bonchev–Trinajstić information content (AvgIpc) is 3.31. The molecule has 4 saturated carbocycles. The van der Waals surface area contributed by atoms with Crippen molar-refractivity contribution < 1.29 is 0 Å². The lowest BCUT2D eigenvalue weighted by molar-refractivity contribution is -0.00518. The maximum Gasteiger partial charge on any atom is 0.164 e. The molecule has 1 heterocycles. The molecule has 288 valence electrons. The van der Waals surface area contributed by atoms with Crippen molar-refractivity contribution in [1.29, 1.82) is 5.26 Å². The molecule has 0 aliphatic heterocycles. The summed E-state index contributed by atoms with van der Waals surface area (Å²) in [6.07, 6.45) is 8.35. The molecule has 12 rings (SSSR count). The molecule has 7 aromatic carbocycles. The molecule has 4 aliphatic rings. The molecule has 0 radical (unpaired) electrons. The van der Waals surface area contributed by atoms with Crippen molar-refractivity contribution in [2.24, 2.45) is 17.8 Å². The normalized spacial score (nSPS) is 20.1. The number of rotatable bonds is 8. The molecule has 0 N–H and O–H groups in total. The van der Waals surface area contributed by atoms with Crippen molar-refractivity contribution in [2.75, 3.05) is 0 Å². The van der Waals surface area contributed by atoms with Crippen LogP contribution in [0.2, 0.25) is 0 Å². The molecule has 4 aliphatic carbocycles. The minimum absolute atomic E-state index is 0.333. The van der Waals surface area contributed by atoms with Gasteiger partial charge in [-0.15, -0.1) is 0 Å². The Hall–Kier alpha value is -6.96. The Balaban J connectivity index is 1.07. The highest BCUT2D eigenvalue weighted by Gasteiger charge is 2.51. The van der Waals surface area contributed by atoms with Gasteiger partial charge in [0.1, 0.15) is 0 Å². The van der Waals surface area contributed by atoms with Crippen LogP contribution in [0.15, 0.2) is 176 Å². The zero-order valence-corrected chi connectivity index (χ0v) is 33.5. The molecular formula is C56H44N4. The Morgan fingerprint density at radius 3 is 1.35 bits per heavy atom. The van der Waals surface area contributed by atoms with E-state index >= 15 is 0 Å². The Morgan fingerprint density at radius 1 is 0.383 bits per heavy atom. The summed E-state index contributed by atoms with van der Waals surface area (Å²) in [7, 11) is 0. The summed E-state index contributed by atoms with van der Waals surface area (Å²) in [6, 6.07) is 64.0. The number of nitrogens with zero attached hydrogens (tertiary/aromatic N) is 4. The van der Waals surface area contributed by atoms with Gasteiger partial charge in [0.2, 0.25) is 0 Å². The fraction of sp³-hybridized carbons (Fsp3) is 0.179. The molecule has 8 aromatic rings. The SMILES string of the molecule is N#Cc1ccccc1-c1cc(-c2ccc(C34CC5C[C@H](C3)C[C@@H](C5)C4)cc2)cc(-c2nc(-c3cccc(-c4ccccc4)c3)nc(-c3cccc(-c4ccccc4)c3)n2)c1. The molecular weight excluding hydrogens is 729 g/mol. The van der Waals surface area contributed by atoms with E-state index in [2.05, 4.69) is 146 Å². The quantitative estimate of drug-likeness (QED) is 0.154. The Bertz CT molecular complexity index is 2770.